The molecule has 3 rings (SSSR count). The van der Waals surface area contributed by atoms with E-state index in [1.807, 2.05) is 25.1 Å². The van der Waals surface area contributed by atoms with Crippen molar-refractivity contribution >= 4 is 10.9 Å². The lowest BCUT2D eigenvalue weighted by Crippen LogP contribution is -2.07. The Morgan fingerprint density at radius 1 is 0.885 bits per heavy atom. The molecule has 0 fully saturated rings. The summed E-state index contributed by atoms with van der Waals surface area (Å²) in [6, 6.07) is 16.6. The van der Waals surface area contributed by atoms with Crippen LogP contribution in [-0.2, 0) is 0 Å². The van der Waals surface area contributed by atoms with Gasteiger partial charge in [-0.25, -0.2) is 4.98 Å². The maximum absolute atomic E-state index is 6.03. The van der Waals surface area contributed by atoms with Crippen LogP contribution >= 0.6 is 0 Å². The van der Waals surface area contributed by atoms with Gasteiger partial charge in [-0.15, -0.1) is 0 Å². The Hall–Kier alpha value is -2.55. The Balaban J connectivity index is 1.57. The highest BCUT2D eigenvalue weighted by Gasteiger charge is 2.08. The lowest BCUT2D eigenvalue weighted by molar-refractivity contribution is 0.247. The van der Waals surface area contributed by atoms with Crippen molar-refractivity contribution in [2.24, 2.45) is 0 Å². The summed E-state index contributed by atoms with van der Waals surface area (Å²) >= 11 is 0. The van der Waals surface area contributed by atoms with E-state index in [2.05, 4.69) is 56.1 Å². The Kier molecular flexibility index (Phi) is 5.77. The second-order valence-corrected chi connectivity index (χ2v) is 7.03. The van der Waals surface area contributed by atoms with Gasteiger partial charge < -0.3 is 9.47 Å². The predicted molar refractivity (Wildman–Crippen MR) is 107 cm³/mol. The summed E-state index contributed by atoms with van der Waals surface area (Å²) in [6.45, 7) is 9.72. The maximum Gasteiger partial charge on any atom is 0.145 e. The smallest absolute Gasteiger partial charge is 0.145 e. The van der Waals surface area contributed by atoms with E-state index in [0.717, 1.165) is 34.5 Å². The van der Waals surface area contributed by atoms with Gasteiger partial charge in [0.2, 0.25) is 0 Å². The van der Waals surface area contributed by atoms with E-state index in [-0.39, 0.29) is 0 Å². The van der Waals surface area contributed by atoms with Gasteiger partial charge in [-0.2, -0.15) is 0 Å². The number of nitrogens with zero attached hydrogens (tertiary/aromatic N) is 1. The third-order valence-electron chi connectivity index (χ3n) is 4.42. The first-order valence-electron chi connectivity index (χ1n) is 9.27. The first-order valence-corrected chi connectivity index (χ1v) is 9.27. The zero-order valence-corrected chi connectivity index (χ0v) is 16.1. The summed E-state index contributed by atoms with van der Waals surface area (Å²) in [5.74, 6) is 2.28. The second-order valence-electron chi connectivity index (χ2n) is 7.03. The third kappa shape index (κ3) is 4.34. The highest BCUT2D eigenvalue weighted by Crippen LogP contribution is 2.28. The fourth-order valence-electron chi connectivity index (χ4n) is 3.00. The largest absolute Gasteiger partial charge is 0.493 e. The molecule has 0 unspecified atom stereocenters. The molecule has 2 aromatic carbocycles. The molecule has 0 bridgehead atoms. The van der Waals surface area contributed by atoms with Crippen molar-refractivity contribution in [3.05, 3.63) is 65.4 Å². The molecule has 1 aromatic heterocycles. The van der Waals surface area contributed by atoms with E-state index in [9.17, 15) is 0 Å². The van der Waals surface area contributed by atoms with Crippen LogP contribution in [0.4, 0.5) is 0 Å². The molecule has 0 saturated heterocycles. The van der Waals surface area contributed by atoms with Crippen LogP contribution in [-0.4, -0.2) is 18.2 Å². The standard InChI is InChI=1S/C23H27NO2/c1-16(2)20-12-9-17(3)15-22(20)26-14-6-13-25-21-8-5-7-19-11-10-18(4)24-23(19)21/h5,7-12,15-16H,6,13-14H2,1-4H3. The van der Waals surface area contributed by atoms with E-state index in [0.29, 0.717) is 19.1 Å². The van der Waals surface area contributed by atoms with Gasteiger partial charge in [0.15, 0.2) is 0 Å². The normalized spacial score (nSPS) is 11.1. The number of ether oxygens (including phenoxy) is 2. The van der Waals surface area contributed by atoms with Gasteiger partial charge in [-0.05, 0) is 49.1 Å². The van der Waals surface area contributed by atoms with Crippen LogP contribution in [0.15, 0.2) is 48.5 Å². The molecule has 0 atom stereocenters. The molecule has 1 heterocycles. The highest BCUT2D eigenvalue weighted by molar-refractivity contribution is 5.84. The lowest BCUT2D eigenvalue weighted by atomic mass is 10.0. The monoisotopic (exact) mass is 349 g/mol. The number of hydrogen-bond acceptors (Lipinski definition) is 3. The number of hydrogen-bond donors (Lipinski definition) is 0. The van der Waals surface area contributed by atoms with Crippen molar-refractivity contribution in [3.8, 4) is 11.5 Å². The first-order chi connectivity index (χ1) is 12.5. The Labute approximate surface area is 156 Å². The van der Waals surface area contributed by atoms with E-state index >= 15 is 0 Å². The fourth-order valence-corrected chi connectivity index (χ4v) is 3.00. The average molecular weight is 349 g/mol. The minimum absolute atomic E-state index is 0.451. The van der Waals surface area contributed by atoms with Gasteiger partial charge in [0, 0.05) is 17.5 Å². The van der Waals surface area contributed by atoms with E-state index in [4.69, 9.17) is 9.47 Å². The molecule has 0 N–H and O–H groups in total. The Morgan fingerprint density at radius 2 is 1.65 bits per heavy atom. The van der Waals surface area contributed by atoms with Gasteiger partial charge in [0.25, 0.3) is 0 Å². The molecule has 26 heavy (non-hydrogen) atoms. The first kappa shape index (κ1) is 18.2. The molecule has 0 aliphatic carbocycles. The molecule has 3 nitrogen and oxygen atoms in total. The molecule has 0 radical (unpaired) electrons. The summed E-state index contributed by atoms with van der Waals surface area (Å²) in [7, 11) is 0. The quantitative estimate of drug-likeness (QED) is 0.503. The van der Waals surface area contributed by atoms with E-state index in [1.54, 1.807) is 0 Å². The average Bonchev–Trinajstić information content (AvgIpc) is 2.61. The van der Waals surface area contributed by atoms with Gasteiger partial charge >= 0.3 is 0 Å². The molecule has 0 aliphatic rings. The lowest BCUT2D eigenvalue weighted by Gasteiger charge is -2.15. The molecule has 136 valence electrons. The van der Waals surface area contributed by atoms with Crippen LogP contribution in [0.5, 0.6) is 11.5 Å². The van der Waals surface area contributed by atoms with Crippen molar-refractivity contribution in [1.82, 2.24) is 4.98 Å². The van der Waals surface area contributed by atoms with Gasteiger partial charge in [0.1, 0.15) is 17.0 Å². The summed E-state index contributed by atoms with van der Waals surface area (Å²) in [5, 5.41) is 1.10. The predicted octanol–water partition coefficient (Wildman–Crippen LogP) is 5.82. The van der Waals surface area contributed by atoms with Crippen molar-refractivity contribution in [2.45, 2.75) is 40.0 Å². The third-order valence-corrected chi connectivity index (χ3v) is 4.42. The number of pyridine rings is 1. The highest BCUT2D eigenvalue weighted by atomic mass is 16.5. The maximum atomic E-state index is 6.03. The van der Waals surface area contributed by atoms with Crippen molar-refractivity contribution in [1.29, 1.82) is 0 Å². The van der Waals surface area contributed by atoms with Crippen molar-refractivity contribution in [3.63, 3.8) is 0 Å². The molecule has 3 heteroatoms. The van der Waals surface area contributed by atoms with Crippen LogP contribution in [0.3, 0.4) is 0 Å². The molecule has 0 saturated carbocycles. The molecule has 0 spiro atoms. The Bertz CT molecular complexity index is 887. The molecule has 0 amide bonds. The minimum atomic E-state index is 0.451. The van der Waals surface area contributed by atoms with E-state index in [1.165, 1.54) is 11.1 Å². The van der Waals surface area contributed by atoms with Crippen LogP contribution in [0.2, 0.25) is 0 Å². The van der Waals surface area contributed by atoms with Crippen LogP contribution < -0.4 is 9.47 Å². The zero-order chi connectivity index (χ0) is 18.5. The molecular formula is C23H27NO2. The molecule has 3 aromatic rings. The number of aromatic nitrogens is 1. The Morgan fingerprint density at radius 3 is 2.42 bits per heavy atom. The van der Waals surface area contributed by atoms with E-state index < -0.39 is 0 Å². The summed E-state index contributed by atoms with van der Waals surface area (Å²) in [4.78, 5) is 4.61. The topological polar surface area (TPSA) is 31.4 Å². The van der Waals surface area contributed by atoms with Crippen LogP contribution in [0.25, 0.3) is 10.9 Å². The SMILES string of the molecule is Cc1ccc(C(C)C)c(OCCCOc2cccc3ccc(C)nc23)c1. The second kappa shape index (κ2) is 8.22. The number of benzene rings is 2. The summed E-state index contributed by atoms with van der Waals surface area (Å²) < 4.78 is 12.0. The number of para-hydroxylation sites is 1. The molecular weight excluding hydrogens is 322 g/mol. The van der Waals surface area contributed by atoms with Crippen LogP contribution in [0.1, 0.15) is 43.0 Å². The fraction of sp³-hybridized carbons (Fsp3) is 0.348. The molecule has 0 aliphatic heterocycles. The van der Waals surface area contributed by atoms with Gasteiger partial charge in [0.05, 0.1) is 13.2 Å². The zero-order valence-electron chi connectivity index (χ0n) is 16.1. The number of aryl methyl sites for hydroxylation is 2. The van der Waals surface area contributed by atoms with Crippen molar-refractivity contribution < 1.29 is 9.47 Å². The van der Waals surface area contributed by atoms with Gasteiger partial charge in [-0.1, -0.05) is 44.2 Å². The number of fused-ring (bicyclic) bond motifs is 1. The van der Waals surface area contributed by atoms with Crippen molar-refractivity contribution in [2.75, 3.05) is 13.2 Å². The summed E-state index contributed by atoms with van der Waals surface area (Å²) in [6.07, 6.45) is 0.827. The minimum Gasteiger partial charge on any atom is -0.493 e. The van der Waals surface area contributed by atoms with Crippen LogP contribution in [0, 0.1) is 13.8 Å². The van der Waals surface area contributed by atoms with Gasteiger partial charge in [-0.3, -0.25) is 0 Å². The summed E-state index contributed by atoms with van der Waals surface area (Å²) in [5.41, 5.74) is 4.40. The number of rotatable bonds is 7.